The lowest BCUT2D eigenvalue weighted by Gasteiger charge is -2.63. The van der Waals surface area contributed by atoms with Crippen molar-refractivity contribution in [3.8, 4) is 0 Å². The van der Waals surface area contributed by atoms with Crippen molar-refractivity contribution < 1.29 is 28.3 Å². The van der Waals surface area contributed by atoms with Gasteiger partial charge in [0.2, 0.25) is 0 Å². The van der Waals surface area contributed by atoms with Gasteiger partial charge in [0.1, 0.15) is 0 Å². The molecule has 0 amide bonds. The van der Waals surface area contributed by atoms with Crippen molar-refractivity contribution in [1.29, 1.82) is 0 Å². The molecule has 11 atom stereocenters. The fourth-order valence-corrected chi connectivity index (χ4v) is 9.69. The summed E-state index contributed by atoms with van der Waals surface area (Å²) in [4.78, 5) is 0. The molecule has 0 spiro atoms. The van der Waals surface area contributed by atoms with Crippen LogP contribution in [0.25, 0.3) is 0 Å². The first kappa shape index (κ1) is 26.8. The van der Waals surface area contributed by atoms with Crippen LogP contribution in [0.4, 0.5) is 0 Å². The van der Waals surface area contributed by atoms with E-state index >= 15 is 0 Å². The average molecular weight is 502 g/mol. The molecule has 0 aromatic rings. The van der Waals surface area contributed by atoms with E-state index in [0.29, 0.717) is 30.1 Å². The Morgan fingerprint density at radius 2 is 1.59 bits per heavy atom. The Kier molecular flexibility index (Phi) is 7.80. The quantitative estimate of drug-likeness (QED) is 0.256. The average Bonchev–Trinajstić information content (AvgIpc) is 3.11. The molecule has 0 radical (unpaired) electrons. The summed E-state index contributed by atoms with van der Waals surface area (Å²) in [7, 11) is -3.91. The molecule has 4 aliphatic rings. The Balaban J connectivity index is 1.40. The van der Waals surface area contributed by atoms with Gasteiger partial charge in [0.25, 0.3) is 10.1 Å². The van der Waals surface area contributed by atoms with Crippen molar-refractivity contribution in [3.05, 3.63) is 0 Å². The van der Waals surface area contributed by atoms with Crippen molar-refractivity contribution in [2.45, 2.75) is 96.9 Å². The standard InChI is InChI=1S/C26H47NO6S/c1-16(5-4-12-27-13-14-34(31,32)33)18-6-7-19-22-20(9-11-25(18,19)2)26(3)10-8-17(28)15-21(26)23(29)24(22)30/h16-24,27-30H,4-15H2,1-3H3,(H,31,32,33)/t16-,17-,18-,19+,20+,21+,22+,23-,24-,25-,26-/m1/s1. The second kappa shape index (κ2) is 9.90. The van der Waals surface area contributed by atoms with Crippen LogP contribution in [0.5, 0.6) is 0 Å². The van der Waals surface area contributed by atoms with Gasteiger partial charge < -0.3 is 20.6 Å². The van der Waals surface area contributed by atoms with E-state index < -0.39 is 22.3 Å². The normalized spacial score (nSPS) is 47.5. The minimum absolute atomic E-state index is 0.00128. The summed E-state index contributed by atoms with van der Waals surface area (Å²) in [5.41, 5.74) is 0.179. The Morgan fingerprint density at radius 1 is 0.912 bits per heavy atom. The van der Waals surface area contributed by atoms with Crippen LogP contribution < -0.4 is 5.32 Å². The van der Waals surface area contributed by atoms with Crippen molar-refractivity contribution in [1.82, 2.24) is 5.32 Å². The number of fused-ring (bicyclic) bond motifs is 5. The minimum atomic E-state index is -3.91. The van der Waals surface area contributed by atoms with Gasteiger partial charge in [-0.1, -0.05) is 20.8 Å². The Morgan fingerprint density at radius 3 is 2.29 bits per heavy atom. The van der Waals surface area contributed by atoms with Crippen LogP contribution in [-0.4, -0.2) is 65.4 Å². The molecular weight excluding hydrogens is 454 g/mol. The molecule has 0 unspecified atom stereocenters. The minimum Gasteiger partial charge on any atom is -0.393 e. The lowest BCUT2D eigenvalue weighted by Crippen LogP contribution is -2.64. The van der Waals surface area contributed by atoms with Gasteiger partial charge in [0, 0.05) is 6.54 Å². The van der Waals surface area contributed by atoms with E-state index in [2.05, 4.69) is 26.1 Å². The summed E-state index contributed by atoms with van der Waals surface area (Å²) in [6.45, 7) is 8.12. The topological polar surface area (TPSA) is 127 Å². The summed E-state index contributed by atoms with van der Waals surface area (Å²) in [6, 6.07) is 0. The predicted octanol–water partition coefficient (Wildman–Crippen LogP) is 2.84. The molecule has 0 saturated heterocycles. The zero-order valence-corrected chi connectivity index (χ0v) is 22.0. The molecule has 4 aliphatic carbocycles. The van der Waals surface area contributed by atoms with Crippen molar-refractivity contribution in [2.75, 3.05) is 18.8 Å². The molecule has 4 fully saturated rings. The molecule has 0 heterocycles. The molecule has 0 bridgehead atoms. The SMILES string of the molecule is C[C@H](CCCNCCS(=O)(=O)O)[C@H]1CC[C@H]2[C@@H]3[C@@H](O)[C@H](O)[C@@H]4C[C@H](O)CC[C@]4(C)[C@H]3CC[C@]12C. The Labute approximate surface area is 205 Å². The zero-order chi connectivity index (χ0) is 24.9. The van der Waals surface area contributed by atoms with E-state index in [0.717, 1.165) is 45.1 Å². The highest BCUT2D eigenvalue weighted by molar-refractivity contribution is 7.85. The lowest BCUT2D eigenvalue weighted by atomic mass is 9.43. The summed E-state index contributed by atoms with van der Waals surface area (Å²) >= 11 is 0. The number of nitrogens with one attached hydrogen (secondary N) is 1. The molecule has 8 heteroatoms. The van der Waals surface area contributed by atoms with Gasteiger partial charge in [-0.2, -0.15) is 8.42 Å². The van der Waals surface area contributed by atoms with Crippen LogP contribution in [0.3, 0.4) is 0 Å². The third-order valence-electron chi connectivity index (χ3n) is 11.0. The van der Waals surface area contributed by atoms with E-state index in [-0.39, 0.29) is 41.1 Å². The zero-order valence-electron chi connectivity index (χ0n) is 21.2. The van der Waals surface area contributed by atoms with Crippen LogP contribution in [-0.2, 0) is 10.1 Å². The van der Waals surface area contributed by atoms with E-state index in [9.17, 15) is 23.7 Å². The maximum absolute atomic E-state index is 11.4. The third-order valence-corrected chi connectivity index (χ3v) is 11.8. The van der Waals surface area contributed by atoms with Gasteiger partial charge in [0.15, 0.2) is 0 Å². The van der Waals surface area contributed by atoms with Crippen LogP contribution >= 0.6 is 0 Å². The Hall–Kier alpha value is -0.250. The molecule has 0 aliphatic heterocycles. The summed E-state index contributed by atoms with van der Waals surface area (Å²) in [5, 5.41) is 36.0. The second-order valence-corrected chi connectivity index (χ2v) is 14.3. The highest BCUT2D eigenvalue weighted by Gasteiger charge is 2.65. The summed E-state index contributed by atoms with van der Waals surface area (Å²) in [6.07, 6.45) is 7.17. The molecule has 0 aromatic carbocycles. The smallest absolute Gasteiger partial charge is 0.266 e. The molecule has 198 valence electrons. The van der Waals surface area contributed by atoms with Crippen LogP contribution in [0, 0.1) is 46.3 Å². The molecule has 34 heavy (non-hydrogen) atoms. The largest absolute Gasteiger partial charge is 0.393 e. The van der Waals surface area contributed by atoms with Crippen molar-refractivity contribution in [2.24, 2.45) is 46.3 Å². The van der Waals surface area contributed by atoms with Gasteiger partial charge in [-0.25, -0.2) is 0 Å². The van der Waals surface area contributed by atoms with Gasteiger partial charge in [-0.3, -0.25) is 4.55 Å². The van der Waals surface area contributed by atoms with E-state index in [1.165, 1.54) is 12.8 Å². The molecule has 5 N–H and O–H groups in total. The van der Waals surface area contributed by atoms with Gasteiger partial charge in [-0.15, -0.1) is 0 Å². The number of hydrogen-bond acceptors (Lipinski definition) is 6. The molecule has 7 nitrogen and oxygen atoms in total. The van der Waals surface area contributed by atoms with Gasteiger partial charge in [-0.05, 0) is 111 Å². The highest BCUT2D eigenvalue weighted by atomic mass is 32.2. The van der Waals surface area contributed by atoms with Gasteiger partial charge in [0.05, 0.1) is 24.1 Å². The van der Waals surface area contributed by atoms with Crippen LogP contribution in [0.1, 0.15) is 78.6 Å². The van der Waals surface area contributed by atoms with E-state index in [1.54, 1.807) is 0 Å². The maximum Gasteiger partial charge on any atom is 0.266 e. The number of rotatable bonds is 8. The van der Waals surface area contributed by atoms with E-state index in [1.807, 2.05) is 0 Å². The first-order chi connectivity index (χ1) is 15.9. The van der Waals surface area contributed by atoms with Crippen molar-refractivity contribution in [3.63, 3.8) is 0 Å². The summed E-state index contributed by atoms with van der Waals surface area (Å²) < 4.78 is 30.5. The fraction of sp³-hybridized carbons (Fsp3) is 1.00. The lowest BCUT2D eigenvalue weighted by molar-refractivity contribution is -0.223. The first-order valence-corrected chi connectivity index (χ1v) is 15.2. The molecule has 4 saturated carbocycles. The number of aliphatic hydroxyl groups excluding tert-OH is 3. The monoisotopic (exact) mass is 501 g/mol. The highest BCUT2D eigenvalue weighted by Crippen LogP contribution is 2.68. The summed E-state index contributed by atoms with van der Waals surface area (Å²) in [5.74, 6) is 1.88. The fourth-order valence-electron chi connectivity index (χ4n) is 9.29. The third kappa shape index (κ3) is 4.84. The molecule has 0 aromatic heterocycles. The molecular formula is C26H47NO6S. The molecule has 4 rings (SSSR count). The maximum atomic E-state index is 11.4. The van der Waals surface area contributed by atoms with E-state index in [4.69, 9.17) is 4.55 Å². The first-order valence-electron chi connectivity index (χ1n) is 13.6. The van der Waals surface area contributed by atoms with Crippen molar-refractivity contribution >= 4 is 10.1 Å². The second-order valence-electron chi connectivity index (χ2n) is 12.7. The number of hydrogen-bond donors (Lipinski definition) is 5. The van der Waals surface area contributed by atoms with Gasteiger partial charge >= 0.3 is 0 Å². The number of aliphatic hydroxyl groups is 3. The van der Waals surface area contributed by atoms with Crippen LogP contribution in [0.15, 0.2) is 0 Å². The Bertz CT molecular complexity index is 822. The van der Waals surface area contributed by atoms with Crippen LogP contribution in [0.2, 0.25) is 0 Å². The predicted molar refractivity (Wildman–Crippen MR) is 132 cm³/mol.